The van der Waals surface area contributed by atoms with Crippen LogP contribution in [-0.2, 0) is 14.4 Å². The Kier molecular flexibility index (Phi) is 7.43. The van der Waals surface area contributed by atoms with Gasteiger partial charge in [-0.15, -0.1) is 0 Å². The molecule has 0 unspecified atom stereocenters. The fourth-order valence-corrected chi connectivity index (χ4v) is 2.90. The number of carbonyl (C=O) groups is 3. The summed E-state index contributed by atoms with van der Waals surface area (Å²) < 4.78 is 101. The first kappa shape index (κ1) is 26.1. The monoisotopic (exact) mass is 490 g/mol. The molecule has 0 radical (unpaired) electrons. The summed E-state index contributed by atoms with van der Waals surface area (Å²) in [5.74, 6) is -9.03. The van der Waals surface area contributed by atoms with Crippen molar-refractivity contribution in [2.75, 3.05) is 36.9 Å². The first-order valence-corrected chi connectivity index (χ1v) is 9.21. The fourth-order valence-electron chi connectivity index (χ4n) is 2.90. The van der Waals surface area contributed by atoms with Crippen molar-refractivity contribution in [3.8, 4) is 0 Å². The van der Waals surface area contributed by atoms with Crippen molar-refractivity contribution in [2.45, 2.75) is 30.7 Å². The number of nitrogens with one attached hydrogen (secondary N) is 2. The van der Waals surface area contributed by atoms with Crippen molar-refractivity contribution < 1.29 is 49.5 Å². The van der Waals surface area contributed by atoms with E-state index in [0.29, 0.717) is 9.80 Å². The van der Waals surface area contributed by atoms with E-state index in [2.05, 4.69) is 5.32 Å². The number of fused-ring (bicyclic) bond motifs is 1. The van der Waals surface area contributed by atoms with E-state index in [1.807, 2.05) is 0 Å². The lowest BCUT2D eigenvalue weighted by Crippen LogP contribution is -2.54. The molecule has 0 bridgehead atoms. The quantitative estimate of drug-likeness (QED) is 0.475. The lowest BCUT2D eigenvalue weighted by Gasteiger charge is -2.30. The molecule has 0 fully saturated rings. The first-order chi connectivity index (χ1) is 15.0. The number of alkyl halides is 8. The Bertz CT molecular complexity index is 903. The summed E-state index contributed by atoms with van der Waals surface area (Å²) in [6.45, 7) is -4.12. The molecule has 0 aromatic heterocycles. The normalized spacial score (nSPS) is 17.1. The van der Waals surface area contributed by atoms with E-state index in [-0.39, 0.29) is 17.9 Å². The second kappa shape index (κ2) is 9.39. The van der Waals surface area contributed by atoms with Crippen LogP contribution in [0.2, 0.25) is 0 Å². The van der Waals surface area contributed by atoms with Gasteiger partial charge >= 0.3 is 18.3 Å². The lowest BCUT2D eigenvalue weighted by atomic mass is 10.2. The number of benzene rings is 1. The van der Waals surface area contributed by atoms with Gasteiger partial charge in [0.2, 0.25) is 11.8 Å². The number of carbonyl (C=O) groups excluding carboxylic acids is 3. The summed E-state index contributed by atoms with van der Waals surface area (Å²) >= 11 is 0. The summed E-state index contributed by atoms with van der Waals surface area (Å²) in [5.41, 5.74) is 0.0703. The summed E-state index contributed by atoms with van der Waals surface area (Å²) in [7, 11) is 0.992. The van der Waals surface area contributed by atoms with E-state index in [0.717, 1.165) is 7.05 Å². The minimum absolute atomic E-state index is 0.102. The van der Waals surface area contributed by atoms with E-state index >= 15 is 0 Å². The van der Waals surface area contributed by atoms with Gasteiger partial charge in [-0.2, -0.15) is 35.1 Å². The molecule has 1 heterocycles. The molecule has 33 heavy (non-hydrogen) atoms. The highest BCUT2D eigenvalue weighted by molar-refractivity contribution is 6.05. The third-order valence-corrected chi connectivity index (χ3v) is 4.66. The van der Waals surface area contributed by atoms with Gasteiger partial charge in [-0.1, -0.05) is 12.1 Å². The molecule has 1 atom stereocenters. The van der Waals surface area contributed by atoms with Crippen LogP contribution >= 0.6 is 0 Å². The predicted octanol–water partition coefficient (Wildman–Crippen LogP) is 2.54. The van der Waals surface area contributed by atoms with E-state index in [1.54, 1.807) is 0 Å². The van der Waals surface area contributed by atoms with Crippen molar-refractivity contribution in [1.82, 2.24) is 10.2 Å². The van der Waals surface area contributed by atoms with Gasteiger partial charge in [0.1, 0.15) is 19.0 Å². The molecule has 0 aliphatic carbocycles. The third-order valence-electron chi connectivity index (χ3n) is 4.66. The van der Waals surface area contributed by atoms with Crippen molar-refractivity contribution in [1.29, 1.82) is 0 Å². The molecular formula is C18H18F8N4O3. The van der Waals surface area contributed by atoms with Gasteiger partial charge in [0.25, 0.3) is 5.91 Å². The van der Waals surface area contributed by atoms with E-state index < -0.39 is 61.5 Å². The van der Waals surface area contributed by atoms with Crippen LogP contribution in [0.3, 0.4) is 0 Å². The standard InChI is InChI=1S/C18H18F8N4O3/c1-29(14(32)6-13(31)28-8-16(19,20)18(24,25)26)12-7-27-10-4-2-3-5-11(10)30(15(12)33)9-17(21,22)23/h2-5,12,27H,6-9H2,1H3,(H,28,31)/t12-/m0/s1. The van der Waals surface area contributed by atoms with Crippen LogP contribution in [0.25, 0.3) is 0 Å². The Labute approximate surface area is 181 Å². The molecule has 3 amide bonds. The number of likely N-dealkylation sites (N-methyl/N-ethyl adjacent to an activating group) is 1. The van der Waals surface area contributed by atoms with Crippen LogP contribution in [0.4, 0.5) is 46.5 Å². The highest BCUT2D eigenvalue weighted by atomic mass is 19.4. The van der Waals surface area contributed by atoms with Gasteiger partial charge in [-0.3, -0.25) is 19.3 Å². The highest BCUT2D eigenvalue weighted by Gasteiger charge is 2.57. The zero-order valence-electron chi connectivity index (χ0n) is 16.9. The van der Waals surface area contributed by atoms with Crippen LogP contribution < -0.4 is 15.5 Å². The minimum Gasteiger partial charge on any atom is -0.381 e. The number of nitrogens with zero attached hydrogens (tertiary/aromatic N) is 2. The van der Waals surface area contributed by atoms with E-state index in [9.17, 15) is 49.5 Å². The van der Waals surface area contributed by atoms with Crippen molar-refractivity contribution >= 4 is 29.1 Å². The first-order valence-electron chi connectivity index (χ1n) is 9.21. The lowest BCUT2D eigenvalue weighted by molar-refractivity contribution is -0.278. The Morgan fingerprint density at radius 3 is 2.30 bits per heavy atom. The van der Waals surface area contributed by atoms with Crippen LogP contribution in [0, 0.1) is 0 Å². The molecule has 0 spiro atoms. The van der Waals surface area contributed by atoms with Crippen molar-refractivity contribution in [3.05, 3.63) is 24.3 Å². The molecule has 1 aliphatic rings. The fraction of sp³-hybridized carbons (Fsp3) is 0.500. The highest BCUT2D eigenvalue weighted by Crippen LogP contribution is 2.35. The summed E-state index contributed by atoms with van der Waals surface area (Å²) in [5, 5.41) is 4.00. The van der Waals surface area contributed by atoms with Crippen molar-refractivity contribution in [2.24, 2.45) is 0 Å². The number of amides is 3. The Morgan fingerprint density at radius 2 is 1.73 bits per heavy atom. The Balaban J connectivity index is 2.13. The van der Waals surface area contributed by atoms with Gasteiger partial charge in [-0.05, 0) is 12.1 Å². The summed E-state index contributed by atoms with van der Waals surface area (Å²) in [4.78, 5) is 37.9. The average molecular weight is 490 g/mol. The third kappa shape index (κ3) is 6.44. The van der Waals surface area contributed by atoms with E-state index in [1.165, 1.54) is 29.6 Å². The molecule has 7 nitrogen and oxygen atoms in total. The predicted molar refractivity (Wildman–Crippen MR) is 98.5 cm³/mol. The average Bonchev–Trinajstić information content (AvgIpc) is 2.81. The second-order valence-corrected chi connectivity index (χ2v) is 7.11. The summed E-state index contributed by atoms with van der Waals surface area (Å²) in [6, 6.07) is 4.03. The number of rotatable bonds is 6. The molecule has 0 saturated carbocycles. The topological polar surface area (TPSA) is 81.8 Å². The van der Waals surface area contributed by atoms with Gasteiger partial charge in [0.05, 0.1) is 17.9 Å². The maximum Gasteiger partial charge on any atom is 0.455 e. The maximum atomic E-state index is 13.1. The van der Waals surface area contributed by atoms with Gasteiger partial charge in [0.15, 0.2) is 0 Å². The molecule has 1 aliphatic heterocycles. The summed E-state index contributed by atoms with van der Waals surface area (Å²) in [6.07, 6.45) is -11.9. The molecular weight excluding hydrogens is 472 g/mol. The number of halogens is 8. The van der Waals surface area contributed by atoms with Crippen LogP contribution in [-0.4, -0.2) is 73.6 Å². The van der Waals surface area contributed by atoms with Crippen molar-refractivity contribution in [3.63, 3.8) is 0 Å². The molecule has 15 heteroatoms. The number of anilines is 2. The number of hydrogen-bond donors (Lipinski definition) is 2. The van der Waals surface area contributed by atoms with Gasteiger partial charge in [0, 0.05) is 13.6 Å². The second-order valence-electron chi connectivity index (χ2n) is 7.11. The van der Waals surface area contributed by atoms with Gasteiger partial charge < -0.3 is 15.5 Å². The Morgan fingerprint density at radius 1 is 1.12 bits per heavy atom. The zero-order chi connectivity index (χ0) is 25.2. The number of para-hydroxylation sites is 2. The molecule has 2 N–H and O–H groups in total. The molecule has 2 rings (SSSR count). The zero-order valence-corrected chi connectivity index (χ0v) is 16.9. The maximum absolute atomic E-state index is 13.1. The molecule has 184 valence electrons. The minimum atomic E-state index is -5.92. The van der Waals surface area contributed by atoms with Crippen LogP contribution in [0.5, 0.6) is 0 Å². The SMILES string of the molecule is CN(C(=O)CC(=O)NCC(F)(F)C(F)(F)F)[C@H]1CNc2ccccc2N(CC(F)(F)F)C1=O. The van der Waals surface area contributed by atoms with Crippen LogP contribution in [0.15, 0.2) is 24.3 Å². The molecule has 0 saturated heterocycles. The Hall–Kier alpha value is -3.13. The molecule has 1 aromatic carbocycles. The van der Waals surface area contributed by atoms with Crippen LogP contribution in [0.1, 0.15) is 6.42 Å². The smallest absolute Gasteiger partial charge is 0.381 e. The molecule has 1 aromatic rings. The van der Waals surface area contributed by atoms with Gasteiger partial charge in [-0.25, -0.2) is 0 Å². The largest absolute Gasteiger partial charge is 0.455 e. The number of hydrogen-bond acceptors (Lipinski definition) is 4. The van der Waals surface area contributed by atoms with E-state index in [4.69, 9.17) is 0 Å².